The Morgan fingerprint density at radius 3 is 1.44 bits per heavy atom. The van der Waals surface area contributed by atoms with Crippen molar-refractivity contribution in [2.45, 2.75) is 13.8 Å². The van der Waals surface area contributed by atoms with E-state index in [1.165, 1.54) is 0 Å². The van der Waals surface area contributed by atoms with Gasteiger partial charge in [0.25, 0.3) is 0 Å². The van der Waals surface area contributed by atoms with Crippen molar-refractivity contribution in [2.24, 2.45) is 0 Å². The standard InChI is InChI=1S/C12H22N4S2/c1-3-15(11-13)5-7-17-9-10-18-8-6-16(4-2)12-14/h3-10H2,1-2H3. The molecule has 0 aromatic rings. The molecule has 0 spiro atoms. The second-order valence-electron chi connectivity index (χ2n) is 3.58. The van der Waals surface area contributed by atoms with Crippen molar-refractivity contribution < 1.29 is 0 Å². The molecular weight excluding hydrogens is 264 g/mol. The lowest BCUT2D eigenvalue weighted by Gasteiger charge is -2.12. The third-order valence-electron chi connectivity index (χ3n) is 2.43. The Morgan fingerprint density at radius 1 is 0.778 bits per heavy atom. The summed E-state index contributed by atoms with van der Waals surface area (Å²) < 4.78 is 0. The largest absolute Gasteiger partial charge is 0.310 e. The van der Waals surface area contributed by atoms with Crippen LogP contribution in [0.5, 0.6) is 0 Å². The molecule has 0 aliphatic carbocycles. The molecule has 0 amide bonds. The van der Waals surface area contributed by atoms with Gasteiger partial charge in [-0.25, -0.2) is 0 Å². The van der Waals surface area contributed by atoms with Gasteiger partial charge in [-0.3, -0.25) is 0 Å². The fourth-order valence-corrected chi connectivity index (χ4v) is 3.28. The van der Waals surface area contributed by atoms with E-state index in [1.807, 2.05) is 37.4 Å². The van der Waals surface area contributed by atoms with Crippen LogP contribution in [0.3, 0.4) is 0 Å². The number of nitriles is 2. The Hall–Kier alpha value is -0.720. The van der Waals surface area contributed by atoms with Crippen LogP contribution in [0.1, 0.15) is 13.8 Å². The Kier molecular flexibility index (Phi) is 12.2. The molecule has 0 rings (SSSR count). The van der Waals surface area contributed by atoms with E-state index in [-0.39, 0.29) is 0 Å². The predicted octanol–water partition coefficient (Wildman–Crippen LogP) is 2.06. The number of nitrogens with zero attached hydrogens (tertiary/aromatic N) is 4. The van der Waals surface area contributed by atoms with Gasteiger partial charge in [-0.15, -0.1) is 0 Å². The van der Waals surface area contributed by atoms with Gasteiger partial charge in [0.2, 0.25) is 0 Å². The average molecular weight is 286 g/mol. The van der Waals surface area contributed by atoms with Crippen LogP contribution in [0.2, 0.25) is 0 Å². The van der Waals surface area contributed by atoms with Gasteiger partial charge >= 0.3 is 0 Å². The minimum Gasteiger partial charge on any atom is -0.310 e. The van der Waals surface area contributed by atoms with Crippen molar-refractivity contribution >= 4 is 23.5 Å². The number of thioether (sulfide) groups is 2. The van der Waals surface area contributed by atoms with E-state index in [2.05, 4.69) is 12.4 Å². The van der Waals surface area contributed by atoms with Crippen LogP contribution in [0.4, 0.5) is 0 Å². The van der Waals surface area contributed by atoms with Crippen molar-refractivity contribution in [1.29, 1.82) is 10.5 Å². The first-order chi connectivity index (χ1) is 8.78. The highest BCUT2D eigenvalue weighted by Crippen LogP contribution is 2.07. The molecule has 102 valence electrons. The van der Waals surface area contributed by atoms with Gasteiger partial charge in [0.1, 0.15) is 0 Å². The predicted molar refractivity (Wildman–Crippen MR) is 80.4 cm³/mol. The summed E-state index contributed by atoms with van der Waals surface area (Å²) >= 11 is 3.78. The number of rotatable bonds is 11. The Morgan fingerprint density at radius 2 is 1.17 bits per heavy atom. The molecule has 18 heavy (non-hydrogen) atoms. The van der Waals surface area contributed by atoms with Crippen molar-refractivity contribution in [1.82, 2.24) is 9.80 Å². The highest BCUT2D eigenvalue weighted by atomic mass is 32.2. The van der Waals surface area contributed by atoms with E-state index in [1.54, 1.807) is 9.80 Å². The molecule has 0 unspecified atom stereocenters. The molecule has 0 fully saturated rings. The average Bonchev–Trinajstić information content (AvgIpc) is 2.41. The molecule has 0 saturated heterocycles. The molecule has 0 N–H and O–H groups in total. The molecular formula is C12H22N4S2. The van der Waals surface area contributed by atoms with Crippen molar-refractivity contribution in [3.05, 3.63) is 0 Å². The molecule has 0 radical (unpaired) electrons. The Bertz CT molecular complexity index is 244. The smallest absolute Gasteiger partial charge is 0.179 e. The summed E-state index contributed by atoms with van der Waals surface area (Å²) in [5.41, 5.74) is 0. The summed E-state index contributed by atoms with van der Waals surface area (Å²) in [5, 5.41) is 17.5. The van der Waals surface area contributed by atoms with E-state index in [4.69, 9.17) is 10.5 Å². The molecule has 6 heteroatoms. The first-order valence-corrected chi connectivity index (χ1v) is 8.54. The zero-order valence-corrected chi connectivity index (χ0v) is 12.9. The van der Waals surface area contributed by atoms with E-state index < -0.39 is 0 Å². The van der Waals surface area contributed by atoms with Crippen molar-refractivity contribution in [3.63, 3.8) is 0 Å². The summed E-state index contributed by atoms with van der Waals surface area (Å²) in [7, 11) is 0. The second kappa shape index (κ2) is 12.7. The first-order valence-electron chi connectivity index (χ1n) is 6.23. The summed E-state index contributed by atoms with van der Waals surface area (Å²) in [4.78, 5) is 3.54. The molecule has 0 aromatic heterocycles. The topological polar surface area (TPSA) is 54.1 Å². The molecule has 0 heterocycles. The van der Waals surface area contributed by atoms with E-state index in [0.717, 1.165) is 49.2 Å². The summed E-state index contributed by atoms with van der Waals surface area (Å²) in [6.45, 7) is 7.29. The lowest BCUT2D eigenvalue weighted by atomic mass is 10.6. The lowest BCUT2D eigenvalue weighted by Crippen LogP contribution is -2.20. The molecule has 0 bridgehead atoms. The van der Waals surface area contributed by atoms with Crippen LogP contribution < -0.4 is 0 Å². The van der Waals surface area contributed by atoms with Crippen LogP contribution in [-0.2, 0) is 0 Å². The fourth-order valence-electron chi connectivity index (χ4n) is 1.23. The Balaban J connectivity index is 3.27. The fraction of sp³-hybridized carbons (Fsp3) is 0.833. The Labute approximate surface area is 119 Å². The highest BCUT2D eigenvalue weighted by Gasteiger charge is 1.99. The van der Waals surface area contributed by atoms with Crippen molar-refractivity contribution in [3.8, 4) is 12.4 Å². The summed E-state index contributed by atoms with van der Waals surface area (Å²) in [5.74, 6) is 4.27. The normalized spacial score (nSPS) is 9.56. The van der Waals surface area contributed by atoms with Crippen LogP contribution in [0.25, 0.3) is 0 Å². The zero-order valence-electron chi connectivity index (χ0n) is 11.3. The maximum atomic E-state index is 8.73. The minimum atomic E-state index is 0.798. The number of hydrogen-bond acceptors (Lipinski definition) is 6. The lowest BCUT2D eigenvalue weighted by molar-refractivity contribution is 0.440. The summed E-state index contributed by atoms with van der Waals surface area (Å²) in [6, 6.07) is 0. The molecule has 0 atom stereocenters. The van der Waals surface area contributed by atoms with Gasteiger partial charge in [-0.05, 0) is 13.8 Å². The molecule has 0 aliphatic heterocycles. The monoisotopic (exact) mass is 286 g/mol. The molecule has 0 saturated carbocycles. The number of hydrogen-bond donors (Lipinski definition) is 0. The van der Waals surface area contributed by atoms with Gasteiger partial charge in [0.15, 0.2) is 12.4 Å². The van der Waals surface area contributed by atoms with Gasteiger partial charge < -0.3 is 9.80 Å². The third-order valence-corrected chi connectivity index (χ3v) is 4.62. The molecule has 0 aliphatic rings. The maximum absolute atomic E-state index is 8.73. The van der Waals surface area contributed by atoms with Gasteiger partial charge in [-0.1, -0.05) is 0 Å². The third kappa shape index (κ3) is 9.32. The van der Waals surface area contributed by atoms with Gasteiger partial charge in [0.05, 0.1) is 0 Å². The molecule has 0 aromatic carbocycles. The minimum absolute atomic E-state index is 0.798. The van der Waals surface area contributed by atoms with Crippen molar-refractivity contribution in [2.75, 3.05) is 49.2 Å². The SMILES string of the molecule is CCN(C#N)CCSCCSCCN(C#N)CC. The zero-order chi connectivity index (χ0) is 13.6. The summed E-state index contributed by atoms with van der Waals surface area (Å²) in [6.07, 6.45) is 4.33. The van der Waals surface area contributed by atoms with Gasteiger partial charge in [-0.2, -0.15) is 34.0 Å². The quantitative estimate of drug-likeness (QED) is 0.329. The highest BCUT2D eigenvalue weighted by molar-refractivity contribution is 8.02. The second-order valence-corrected chi connectivity index (χ2v) is 6.03. The molecule has 4 nitrogen and oxygen atoms in total. The van der Waals surface area contributed by atoms with Gasteiger partial charge in [0, 0.05) is 49.2 Å². The van der Waals surface area contributed by atoms with E-state index in [0.29, 0.717) is 0 Å². The van der Waals surface area contributed by atoms with Crippen LogP contribution in [0.15, 0.2) is 0 Å². The van der Waals surface area contributed by atoms with E-state index in [9.17, 15) is 0 Å². The van der Waals surface area contributed by atoms with Crippen LogP contribution in [0, 0.1) is 22.9 Å². The first kappa shape index (κ1) is 17.3. The van der Waals surface area contributed by atoms with E-state index >= 15 is 0 Å². The van der Waals surface area contributed by atoms with Crippen LogP contribution in [-0.4, -0.2) is 59.0 Å². The van der Waals surface area contributed by atoms with Crippen LogP contribution >= 0.6 is 23.5 Å². The maximum Gasteiger partial charge on any atom is 0.179 e.